The Balaban J connectivity index is 2.68. The highest BCUT2D eigenvalue weighted by molar-refractivity contribution is 8.03. The summed E-state index contributed by atoms with van der Waals surface area (Å²) in [7, 11) is 0. The predicted octanol–water partition coefficient (Wildman–Crippen LogP) is 4.02. The van der Waals surface area contributed by atoms with Gasteiger partial charge in [0.05, 0.1) is 0 Å². The molecule has 0 aliphatic heterocycles. The van der Waals surface area contributed by atoms with Crippen molar-refractivity contribution in [3.63, 3.8) is 0 Å². The van der Waals surface area contributed by atoms with E-state index in [0.29, 0.717) is 6.42 Å². The van der Waals surface area contributed by atoms with Crippen molar-refractivity contribution in [3.05, 3.63) is 47.4 Å². The fourth-order valence-electron chi connectivity index (χ4n) is 1.72. The molecule has 1 unspecified atom stereocenters. The highest BCUT2D eigenvalue weighted by atomic mass is 32.2. The van der Waals surface area contributed by atoms with Crippen LogP contribution in [0, 0.1) is 0 Å². The van der Waals surface area contributed by atoms with E-state index in [-0.39, 0.29) is 5.92 Å². The zero-order valence-corrected chi connectivity index (χ0v) is 10.5. The summed E-state index contributed by atoms with van der Waals surface area (Å²) in [4.78, 5) is 11.9. The van der Waals surface area contributed by atoms with Crippen molar-refractivity contribution >= 4 is 18.0 Å². The molecule has 0 saturated carbocycles. The lowest BCUT2D eigenvalue weighted by Crippen LogP contribution is -2.00. The molecule has 0 N–H and O–H groups in total. The Hall–Kier alpha value is -1.02. The summed E-state index contributed by atoms with van der Waals surface area (Å²) in [6, 6.07) is 10.2. The van der Waals surface area contributed by atoms with Crippen molar-refractivity contribution in [1.82, 2.24) is 0 Å². The van der Waals surface area contributed by atoms with Gasteiger partial charge in [-0.3, -0.25) is 0 Å². The Morgan fingerprint density at radius 1 is 1.44 bits per heavy atom. The molecule has 0 bridgehead atoms. The van der Waals surface area contributed by atoms with Gasteiger partial charge in [-0.1, -0.05) is 43.8 Å². The van der Waals surface area contributed by atoms with Gasteiger partial charge in [0.2, 0.25) is 0 Å². The van der Waals surface area contributed by atoms with E-state index in [9.17, 15) is 4.79 Å². The molecule has 2 heteroatoms. The number of rotatable bonds is 7. The van der Waals surface area contributed by atoms with Crippen molar-refractivity contribution in [1.29, 1.82) is 0 Å². The topological polar surface area (TPSA) is 17.1 Å². The van der Waals surface area contributed by atoms with Crippen molar-refractivity contribution < 1.29 is 4.79 Å². The van der Waals surface area contributed by atoms with Gasteiger partial charge in [-0.25, -0.2) is 0 Å². The summed E-state index contributed by atoms with van der Waals surface area (Å²) in [5, 5.41) is 0. The maximum atomic E-state index is 10.7. The quantitative estimate of drug-likeness (QED) is 0.663. The highest BCUT2D eigenvalue weighted by Crippen LogP contribution is 2.30. The standard InChI is InChI=1S/C14H18OS/c1-3-16-12(2)11-14(9-10-15)13-7-5-4-6-8-13/h4-8,10,14H,2-3,9,11H2,1H3. The first-order valence-corrected chi connectivity index (χ1v) is 6.55. The largest absolute Gasteiger partial charge is 0.303 e. The molecular weight excluding hydrogens is 216 g/mol. The molecule has 0 spiro atoms. The van der Waals surface area contributed by atoms with Gasteiger partial charge in [-0.2, -0.15) is 0 Å². The summed E-state index contributed by atoms with van der Waals surface area (Å²) in [5.74, 6) is 1.33. The monoisotopic (exact) mass is 234 g/mol. The summed E-state index contributed by atoms with van der Waals surface area (Å²) < 4.78 is 0. The van der Waals surface area contributed by atoms with E-state index in [1.54, 1.807) is 11.8 Å². The van der Waals surface area contributed by atoms with Crippen LogP contribution in [0.25, 0.3) is 0 Å². The van der Waals surface area contributed by atoms with Crippen LogP contribution in [0.5, 0.6) is 0 Å². The molecule has 0 aliphatic rings. The molecule has 1 nitrogen and oxygen atoms in total. The average molecular weight is 234 g/mol. The van der Waals surface area contributed by atoms with E-state index in [1.165, 1.54) is 10.5 Å². The SMILES string of the molecule is C=C(CC(CC=O)c1ccccc1)SCC. The molecule has 0 fully saturated rings. The van der Waals surface area contributed by atoms with Gasteiger partial charge in [-0.15, -0.1) is 11.8 Å². The second-order valence-corrected chi connectivity index (χ2v) is 5.13. The van der Waals surface area contributed by atoms with Crippen LogP contribution in [-0.2, 0) is 4.79 Å². The van der Waals surface area contributed by atoms with E-state index in [1.807, 2.05) is 18.2 Å². The number of hydrogen-bond donors (Lipinski definition) is 0. The van der Waals surface area contributed by atoms with Crippen molar-refractivity contribution in [2.45, 2.75) is 25.7 Å². The minimum Gasteiger partial charge on any atom is -0.303 e. The number of carbonyl (C=O) groups is 1. The molecule has 1 aromatic rings. The number of hydrogen-bond acceptors (Lipinski definition) is 2. The fraction of sp³-hybridized carbons (Fsp3) is 0.357. The van der Waals surface area contributed by atoms with Gasteiger partial charge >= 0.3 is 0 Å². The van der Waals surface area contributed by atoms with E-state index in [4.69, 9.17) is 0 Å². The Morgan fingerprint density at radius 2 is 2.12 bits per heavy atom. The van der Waals surface area contributed by atoms with Crippen LogP contribution in [0.3, 0.4) is 0 Å². The molecule has 0 aliphatic carbocycles. The lowest BCUT2D eigenvalue weighted by atomic mass is 9.93. The summed E-state index contributed by atoms with van der Waals surface area (Å²) in [6.07, 6.45) is 2.47. The van der Waals surface area contributed by atoms with Crippen LogP contribution in [-0.4, -0.2) is 12.0 Å². The molecule has 0 radical (unpaired) electrons. The van der Waals surface area contributed by atoms with Crippen molar-refractivity contribution in [2.24, 2.45) is 0 Å². The van der Waals surface area contributed by atoms with Gasteiger partial charge in [0.1, 0.15) is 6.29 Å². The molecule has 86 valence electrons. The van der Waals surface area contributed by atoms with Gasteiger partial charge in [0.25, 0.3) is 0 Å². The van der Waals surface area contributed by atoms with Crippen molar-refractivity contribution in [3.8, 4) is 0 Å². The maximum absolute atomic E-state index is 10.7. The third-order valence-electron chi connectivity index (χ3n) is 2.47. The third-order valence-corrected chi connectivity index (χ3v) is 3.34. The Bertz CT molecular complexity index is 332. The van der Waals surface area contributed by atoms with Crippen LogP contribution in [0.2, 0.25) is 0 Å². The van der Waals surface area contributed by atoms with Gasteiger partial charge in [0.15, 0.2) is 0 Å². The number of thioether (sulfide) groups is 1. The summed E-state index contributed by atoms with van der Waals surface area (Å²) in [5.41, 5.74) is 1.23. The Labute approximate surface area is 102 Å². The van der Waals surface area contributed by atoms with Crippen LogP contribution in [0.1, 0.15) is 31.2 Å². The fourth-order valence-corrected chi connectivity index (χ4v) is 2.44. The lowest BCUT2D eigenvalue weighted by Gasteiger charge is -2.15. The molecule has 0 aromatic heterocycles. The van der Waals surface area contributed by atoms with Gasteiger partial charge < -0.3 is 4.79 Å². The molecule has 0 saturated heterocycles. The van der Waals surface area contributed by atoms with E-state index in [0.717, 1.165) is 18.5 Å². The van der Waals surface area contributed by atoms with Crippen LogP contribution < -0.4 is 0 Å². The molecule has 0 amide bonds. The average Bonchev–Trinajstić information content (AvgIpc) is 2.30. The number of benzene rings is 1. The molecule has 1 aromatic carbocycles. The minimum absolute atomic E-state index is 0.283. The predicted molar refractivity (Wildman–Crippen MR) is 71.8 cm³/mol. The van der Waals surface area contributed by atoms with Gasteiger partial charge in [-0.05, 0) is 28.6 Å². The summed E-state index contributed by atoms with van der Waals surface area (Å²) >= 11 is 1.77. The van der Waals surface area contributed by atoms with E-state index < -0.39 is 0 Å². The van der Waals surface area contributed by atoms with Crippen LogP contribution >= 0.6 is 11.8 Å². The number of aldehydes is 1. The smallest absolute Gasteiger partial charge is 0.120 e. The molecular formula is C14H18OS. The summed E-state index contributed by atoms with van der Waals surface area (Å²) in [6.45, 7) is 6.16. The van der Waals surface area contributed by atoms with Gasteiger partial charge in [0, 0.05) is 6.42 Å². The highest BCUT2D eigenvalue weighted by Gasteiger charge is 2.12. The van der Waals surface area contributed by atoms with E-state index >= 15 is 0 Å². The second kappa shape index (κ2) is 7.29. The Morgan fingerprint density at radius 3 is 2.69 bits per heavy atom. The molecule has 1 atom stereocenters. The third kappa shape index (κ3) is 4.23. The number of allylic oxidation sites excluding steroid dienone is 1. The van der Waals surface area contributed by atoms with Crippen molar-refractivity contribution in [2.75, 3.05) is 5.75 Å². The number of carbonyl (C=O) groups excluding carboxylic acids is 1. The first-order valence-electron chi connectivity index (χ1n) is 5.57. The first kappa shape index (κ1) is 13.0. The maximum Gasteiger partial charge on any atom is 0.120 e. The molecule has 1 rings (SSSR count). The van der Waals surface area contributed by atoms with Crippen LogP contribution in [0.4, 0.5) is 0 Å². The molecule has 0 heterocycles. The molecule has 16 heavy (non-hydrogen) atoms. The zero-order valence-electron chi connectivity index (χ0n) is 9.69. The Kier molecular flexibility index (Phi) is 5.94. The first-order chi connectivity index (χ1) is 7.77. The zero-order chi connectivity index (χ0) is 11.8. The normalized spacial score (nSPS) is 12.1. The minimum atomic E-state index is 0.283. The van der Waals surface area contributed by atoms with Crippen LogP contribution in [0.15, 0.2) is 41.8 Å². The second-order valence-electron chi connectivity index (χ2n) is 3.69. The lowest BCUT2D eigenvalue weighted by molar-refractivity contribution is -0.108. The van der Waals surface area contributed by atoms with E-state index in [2.05, 4.69) is 25.6 Å².